The summed E-state index contributed by atoms with van der Waals surface area (Å²) in [6.07, 6.45) is 2.21. The van der Waals surface area contributed by atoms with E-state index in [1.807, 2.05) is 0 Å². The molecular weight excluding hydrogens is 176 g/mol. The van der Waals surface area contributed by atoms with Crippen molar-refractivity contribution in [2.75, 3.05) is 19.6 Å². The number of carbonyl (C=O) groups excluding carboxylic acids is 1. The maximum absolute atomic E-state index is 12.0. The largest absolute Gasteiger partial charge is 0.337 e. The molecule has 1 aliphatic carbocycles. The lowest BCUT2D eigenvalue weighted by molar-refractivity contribution is -0.142. The van der Waals surface area contributed by atoms with E-state index in [9.17, 15) is 4.79 Å². The Morgan fingerprint density at radius 1 is 1.36 bits per heavy atom. The van der Waals surface area contributed by atoms with Crippen molar-refractivity contribution in [1.29, 1.82) is 0 Å². The van der Waals surface area contributed by atoms with E-state index in [1.54, 1.807) is 0 Å². The topological polar surface area (TPSA) is 32.3 Å². The van der Waals surface area contributed by atoms with Gasteiger partial charge in [-0.05, 0) is 25.7 Å². The van der Waals surface area contributed by atoms with Crippen molar-refractivity contribution in [2.24, 2.45) is 11.8 Å². The normalized spacial score (nSPS) is 37.9. The molecule has 1 heterocycles. The number of hydrogen-bond acceptors (Lipinski definition) is 2. The molecule has 0 aromatic carbocycles. The van der Waals surface area contributed by atoms with Crippen molar-refractivity contribution < 1.29 is 4.79 Å². The van der Waals surface area contributed by atoms with Crippen molar-refractivity contribution in [3.63, 3.8) is 0 Å². The van der Waals surface area contributed by atoms with Gasteiger partial charge in [-0.1, -0.05) is 6.92 Å². The van der Waals surface area contributed by atoms with E-state index >= 15 is 0 Å². The fourth-order valence-corrected chi connectivity index (χ4v) is 2.51. The van der Waals surface area contributed by atoms with Crippen LogP contribution in [0.3, 0.4) is 0 Å². The van der Waals surface area contributed by atoms with Gasteiger partial charge in [0.05, 0.1) is 0 Å². The summed E-state index contributed by atoms with van der Waals surface area (Å²) in [6.45, 7) is 7.16. The van der Waals surface area contributed by atoms with Crippen molar-refractivity contribution in [1.82, 2.24) is 10.2 Å². The summed E-state index contributed by atoms with van der Waals surface area (Å²) in [6, 6.07) is 0.382. The summed E-state index contributed by atoms with van der Waals surface area (Å²) in [5.74, 6) is 1.50. The molecule has 1 atom stereocenters. The Hall–Kier alpha value is -0.570. The Morgan fingerprint density at radius 2 is 2.07 bits per heavy atom. The van der Waals surface area contributed by atoms with Crippen LogP contribution in [0, 0.1) is 11.8 Å². The summed E-state index contributed by atoms with van der Waals surface area (Å²) in [4.78, 5) is 14.1. The maximum Gasteiger partial charge on any atom is 0.226 e. The van der Waals surface area contributed by atoms with Crippen LogP contribution < -0.4 is 5.32 Å². The molecule has 3 nitrogen and oxygen atoms in total. The van der Waals surface area contributed by atoms with Crippen molar-refractivity contribution in [2.45, 2.75) is 32.7 Å². The van der Waals surface area contributed by atoms with Gasteiger partial charge in [0.2, 0.25) is 5.91 Å². The molecule has 0 bridgehead atoms. The molecule has 1 saturated carbocycles. The van der Waals surface area contributed by atoms with E-state index in [2.05, 4.69) is 24.1 Å². The van der Waals surface area contributed by atoms with Gasteiger partial charge < -0.3 is 10.2 Å². The van der Waals surface area contributed by atoms with Crippen LogP contribution in [-0.2, 0) is 4.79 Å². The lowest BCUT2D eigenvalue weighted by Crippen LogP contribution is -2.55. The Labute approximate surface area is 85.8 Å². The van der Waals surface area contributed by atoms with E-state index in [4.69, 9.17) is 0 Å². The highest BCUT2D eigenvalue weighted by Gasteiger charge is 2.36. The summed E-state index contributed by atoms with van der Waals surface area (Å²) < 4.78 is 0. The molecule has 0 spiro atoms. The summed E-state index contributed by atoms with van der Waals surface area (Å²) in [5, 5.41) is 3.31. The predicted octanol–water partition coefficient (Wildman–Crippen LogP) is 0.853. The number of hydrogen-bond donors (Lipinski definition) is 1. The molecule has 1 amide bonds. The minimum absolute atomic E-state index is 0.338. The number of amides is 1. The van der Waals surface area contributed by atoms with Crippen LogP contribution in [-0.4, -0.2) is 36.5 Å². The van der Waals surface area contributed by atoms with E-state index < -0.39 is 0 Å². The summed E-state index contributed by atoms with van der Waals surface area (Å²) in [5.41, 5.74) is 0. The molecule has 2 rings (SSSR count). The minimum atomic E-state index is 0.338. The number of nitrogens with zero attached hydrogens (tertiary/aromatic N) is 1. The first-order valence-corrected chi connectivity index (χ1v) is 5.69. The zero-order chi connectivity index (χ0) is 10.1. The van der Waals surface area contributed by atoms with Gasteiger partial charge in [0.1, 0.15) is 0 Å². The molecule has 0 unspecified atom stereocenters. The summed E-state index contributed by atoms with van der Waals surface area (Å²) in [7, 11) is 0. The minimum Gasteiger partial charge on any atom is -0.337 e. The smallest absolute Gasteiger partial charge is 0.226 e. The molecule has 0 aromatic heterocycles. The number of carbonyl (C=O) groups is 1. The van der Waals surface area contributed by atoms with Gasteiger partial charge in [-0.2, -0.15) is 0 Å². The zero-order valence-electron chi connectivity index (χ0n) is 9.12. The van der Waals surface area contributed by atoms with Crippen LogP contribution >= 0.6 is 0 Å². The number of rotatable bonds is 1. The highest BCUT2D eigenvalue weighted by molar-refractivity contribution is 5.80. The standard InChI is InChI=1S/C11H20N2O/c1-8-5-10(6-8)11(14)13-4-3-12-7-9(13)2/h8-10,12H,3-7H2,1-2H3/t8?,9-,10?/m1/s1. The average Bonchev–Trinajstić information content (AvgIpc) is 2.13. The fraction of sp³-hybridized carbons (Fsp3) is 0.909. The molecule has 14 heavy (non-hydrogen) atoms. The Balaban J connectivity index is 1.90. The second-order valence-electron chi connectivity index (χ2n) is 4.86. The molecule has 0 radical (unpaired) electrons. The van der Waals surface area contributed by atoms with Crippen LogP contribution in [0.2, 0.25) is 0 Å². The highest BCUT2D eigenvalue weighted by atomic mass is 16.2. The van der Waals surface area contributed by atoms with Gasteiger partial charge in [-0.3, -0.25) is 4.79 Å². The lowest BCUT2D eigenvalue weighted by atomic mass is 9.75. The SMILES string of the molecule is CC1CC(C(=O)N2CCNC[C@H]2C)C1. The molecule has 3 heteroatoms. The van der Waals surface area contributed by atoms with Crippen molar-refractivity contribution in [3.8, 4) is 0 Å². The van der Waals surface area contributed by atoms with E-state index in [0.29, 0.717) is 17.9 Å². The first kappa shape index (κ1) is 9.97. The number of nitrogens with one attached hydrogen (secondary N) is 1. The highest BCUT2D eigenvalue weighted by Crippen LogP contribution is 2.34. The molecule has 1 N–H and O–H groups in total. The molecule has 1 aliphatic heterocycles. The number of piperazine rings is 1. The van der Waals surface area contributed by atoms with E-state index in [-0.39, 0.29) is 0 Å². The van der Waals surface area contributed by atoms with Crippen LogP contribution in [0.4, 0.5) is 0 Å². The Kier molecular flexibility index (Phi) is 2.77. The van der Waals surface area contributed by atoms with Crippen LogP contribution in [0.1, 0.15) is 26.7 Å². The first-order chi connectivity index (χ1) is 6.68. The third kappa shape index (κ3) is 1.78. The third-order valence-corrected chi connectivity index (χ3v) is 3.51. The molecule has 0 aromatic rings. The average molecular weight is 196 g/mol. The summed E-state index contributed by atoms with van der Waals surface area (Å²) >= 11 is 0. The lowest BCUT2D eigenvalue weighted by Gasteiger charge is -2.40. The Morgan fingerprint density at radius 3 is 2.64 bits per heavy atom. The first-order valence-electron chi connectivity index (χ1n) is 5.69. The maximum atomic E-state index is 12.0. The van der Waals surface area contributed by atoms with Gasteiger partial charge >= 0.3 is 0 Å². The van der Waals surface area contributed by atoms with Crippen molar-refractivity contribution in [3.05, 3.63) is 0 Å². The van der Waals surface area contributed by atoms with E-state index in [0.717, 1.165) is 38.4 Å². The third-order valence-electron chi connectivity index (χ3n) is 3.51. The molecular formula is C11H20N2O. The second kappa shape index (κ2) is 3.89. The molecule has 2 fully saturated rings. The van der Waals surface area contributed by atoms with Crippen LogP contribution in [0.15, 0.2) is 0 Å². The van der Waals surface area contributed by atoms with Gasteiger partial charge in [0, 0.05) is 31.6 Å². The van der Waals surface area contributed by atoms with Crippen LogP contribution in [0.5, 0.6) is 0 Å². The van der Waals surface area contributed by atoms with Crippen molar-refractivity contribution >= 4 is 5.91 Å². The zero-order valence-corrected chi connectivity index (χ0v) is 9.12. The Bertz CT molecular complexity index is 223. The van der Waals surface area contributed by atoms with Gasteiger partial charge in [-0.25, -0.2) is 0 Å². The second-order valence-corrected chi connectivity index (χ2v) is 4.86. The predicted molar refractivity (Wildman–Crippen MR) is 55.9 cm³/mol. The monoisotopic (exact) mass is 196 g/mol. The van der Waals surface area contributed by atoms with Crippen LogP contribution in [0.25, 0.3) is 0 Å². The van der Waals surface area contributed by atoms with Gasteiger partial charge in [0.25, 0.3) is 0 Å². The quantitative estimate of drug-likeness (QED) is 0.674. The van der Waals surface area contributed by atoms with Gasteiger partial charge in [-0.15, -0.1) is 0 Å². The molecule has 80 valence electrons. The molecule has 1 saturated heterocycles. The van der Waals surface area contributed by atoms with E-state index in [1.165, 1.54) is 0 Å². The fourth-order valence-electron chi connectivity index (χ4n) is 2.51. The van der Waals surface area contributed by atoms with Gasteiger partial charge in [0.15, 0.2) is 0 Å². The molecule has 2 aliphatic rings.